The molecule has 0 radical (unpaired) electrons. The van der Waals surface area contributed by atoms with Crippen molar-refractivity contribution in [3.05, 3.63) is 29.3 Å². The van der Waals surface area contributed by atoms with E-state index in [4.69, 9.17) is 9.15 Å². The van der Waals surface area contributed by atoms with Crippen LogP contribution in [0.15, 0.2) is 33.3 Å². The Bertz CT molecular complexity index is 978. The minimum absolute atomic E-state index is 0.128. The summed E-state index contributed by atoms with van der Waals surface area (Å²) in [4.78, 5) is 24.9. The first-order valence-electron chi connectivity index (χ1n) is 8.70. The van der Waals surface area contributed by atoms with Crippen LogP contribution in [-0.4, -0.2) is 44.4 Å². The van der Waals surface area contributed by atoms with E-state index in [2.05, 4.69) is 20.8 Å². The number of carbonyl (C=O) groups is 2. The van der Waals surface area contributed by atoms with Crippen molar-refractivity contribution in [1.29, 1.82) is 0 Å². The number of tetrazole rings is 1. The Morgan fingerprint density at radius 3 is 3.04 bits per heavy atom. The monoisotopic (exact) mass is 419 g/mol. The van der Waals surface area contributed by atoms with Crippen molar-refractivity contribution < 1.29 is 18.7 Å². The van der Waals surface area contributed by atoms with Gasteiger partial charge in [-0.15, -0.1) is 16.4 Å². The highest BCUT2D eigenvalue weighted by Crippen LogP contribution is 2.38. The fourth-order valence-electron chi connectivity index (χ4n) is 2.59. The number of thioether (sulfide) groups is 1. The Morgan fingerprint density at radius 1 is 1.46 bits per heavy atom. The summed E-state index contributed by atoms with van der Waals surface area (Å²) in [5, 5.41) is 17.2. The fraction of sp³-hybridized carbons (Fsp3) is 0.353. The zero-order valence-corrected chi connectivity index (χ0v) is 16.6. The molecule has 0 unspecified atom stereocenters. The largest absolute Gasteiger partial charge is 0.464 e. The summed E-state index contributed by atoms with van der Waals surface area (Å²) in [6.45, 7) is 1.97. The summed E-state index contributed by atoms with van der Waals surface area (Å²) in [6, 6.07) is 3.83. The van der Waals surface area contributed by atoms with Crippen LogP contribution in [0, 0.1) is 0 Å². The predicted octanol–water partition coefficient (Wildman–Crippen LogP) is 3.24. The quantitative estimate of drug-likeness (QED) is 0.437. The molecule has 1 fully saturated rings. The molecule has 0 atom stereocenters. The van der Waals surface area contributed by atoms with Gasteiger partial charge in [-0.1, -0.05) is 11.8 Å². The van der Waals surface area contributed by atoms with Gasteiger partial charge in [-0.3, -0.25) is 4.79 Å². The van der Waals surface area contributed by atoms with Crippen molar-refractivity contribution in [3.8, 4) is 11.3 Å². The van der Waals surface area contributed by atoms with E-state index >= 15 is 0 Å². The average molecular weight is 419 g/mol. The molecular weight excluding hydrogens is 402 g/mol. The number of rotatable bonds is 8. The third-order valence-electron chi connectivity index (χ3n) is 4.00. The lowest BCUT2D eigenvalue weighted by Crippen LogP contribution is -2.16. The second-order valence-electron chi connectivity index (χ2n) is 6.03. The Balaban J connectivity index is 1.48. The van der Waals surface area contributed by atoms with Gasteiger partial charge in [0.15, 0.2) is 0 Å². The fourth-order valence-corrected chi connectivity index (χ4v) is 4.29. The summed E-state index contributed by atoms with van der Waals surface area (Å²) in [5.74, 6) is -0.0918. The predicted molar refractivity (Wildman–Crippen MR) is 103 cm³/mol. The van der Waals surface area contributed by atoms with Gasteiger partial charge in [-0.25, -0.2) is 9.48 Å². The van der Waals surface area contributed by atoms with Crippen molar-refractivity contribution in [2.45, 2.75) is 31.0 Å². The third kappa shape index (κ3) is 3.94. The summed E-state index contributed by atoms with van der Waals surface area (Å²) in [7, 11) is 0. The minimum atomic E-state index is -0.504. The summed E-state index contributed by atoms with van der Waals surface area (Å²) in [6.07, 6.45) is 3.64. The molecule has 11 heteroatoms. The van der Waals surface area contributed by atoms with E-state index in [9.17, 15) is 9.59 Å². The molecule has 9 nitrogen and oxygen atoms in total. The lowest BCUT2D eigenvalue weighted by molar-refractivity contribution is -0.113. The maximum Gasteiger partial charge on any atom is 0.341 e. The zero-order chi connectivity index (χ0) is 19.5. The second kappa shape index (κ2) is 8.15. The lowest BCUT2D eigenvalue weighted by atomic mass is 10.1. The van der Waals surface area contributed by atoms with Crippen LogP contribution < -0.4 is 5.32 Å². The third-order valence-corrected chi connectivity index (χ3v) is 5.83. The van der Waals surface area contributed by atoms with Crippen LogP contribution in [0.4, 0.5) is 5.00 Å². The Morgan fingerprint density at radius 2 is 2.32 bits per heavy atom. The second-order valence-corrected chi connectivity index (χ2v) is 7.85. The van der Waals surface area contributed by atoms with Gasteiger partial charge in [-0.2, -0.15) is 0 Å². The topological polar surface area (TPSA) is 112 Å². The van der Waals surface area contributed by atoms with Gasteiger partial charge in [0.2, 0.25) is 11.1 Å². The summed E-state index contributed by atoms with van der Waals surface area (Å²) in [5.41, 5.74) is 0.886. The molecule has 0 saturated heterocycles. The molecule has 1 saturated carbocycles. The smallest absolute Gasteiger partial charge is 0.341 e. The number of nitrogens with zero attached hydrogens (tertiary/aromatic N) is 4. The van der Waals surface area contributed by atoms with Gasteiger partial charge in [0.1, 0.15) is 16.3 Å². The van der Waals surface area contributed by atoms with Gasteiger partial charge in [-0.05, 0) is 42.3 Å². The molecule has 0 aromatic carbocycles. The molecular formula is C17H17N5O4S2. The SMILES string of the molecule is CCOC(=O)c1c(-c2ccco2)csc1NC(=O)CSc1nnnn1C1CC1. The first-order chi connectivity index (χ1) is 13.7. The van der Waals surface area contributed by atoms with Crippen LogP contribution in [0.3, 0.4) is 0 Å². The summed E-state index contributed by atoms with van der Waals surface area (Å²) >= 11 is 2.51. The maximum absolute atomic E-state index is 12.5. The number of thiophene rings is 1. The van der Waals surface area contributed by atoms with Crippen LogP contribution in [-0.2, 0) is 9.53 Å². The molecule has 1 aliphatic rings. The maximum atomic E-state index is 12.5. The normalized spacial score (nSPS) is 13.5. The van der Waals surface area contributed by atoms with Gasteiger partial charge in [0, 0.05) is 10.9 Å². The Hall–Kier alpha value is -2.66. The first-order valence-corrected chi connectivity index (χ1v) is 10.6. The van der Waals surface area contributed by atoms with Crippen LogP contribution in [0.2, 0.25) is 0 Å². The molecule has 1 aliphatic carbocycles. The molecule has 0 aliphatic heterocycles. The molecule has 3 heterocycles. The molecule has 3 aromatic rings. The number of aromatic nitrogens is 4. The number of ether oxygens (including phenoxy) is 1. The van der Waals surface area contributed by atoms with Crippen LogP contribution in [0.25, 0.3) is 11.3 Å². The zero-order valence-electron chi connectivity index (χ0n) is 15.0. The van der Waals surface area contributed by atoms with Gasteiger partial charge < -0.3 is 14.5 Å². The Labute approximate surface area is 168 Å². The van der Waals surface area contributed by atoms with Crippen molar-refractivity contribution in [2.24, 2.45) is 0 Å². The molecule has 3 aromatic heterocycles. The average Bonchev–Trinajstić information content (AvgIpc) is 3.10. The lowest BCUT2D eigenvalue weighted by Gasteiger charge is -2.08. The number of hydrogen-bond donors (Lipinski definition) is 1. The van der Waals surface area contributed by atoms with Crippen molar-refractivity contribution in [3.63, 3.8) is 0 Å². The van der Waals surface area contributed by atoms with E-state index in [0.29, 0.717) is 33.1 Å². The standard InChI is InChI=1S/C17H17N5O4S2/c1-2-25-16(24)14-11(12-4-3-7-26-12)8-27-15(14)18-13(23)9-28-17-19-20-21-22(17)10-5-6-10/h3-4,7-8,10H,2,5-6,9H2,1H3,(H,18,23). The van der Waals surface area contributed by atoms with Crippen LogP contribution in [0.5, 0.6) is 0 Å². The first kappa shape index (κ1) is 18.7. The van der Waals surface area contributed by atoms with E-state index in [-0.39, 0.29) is 18.3 Å². The number of hydrogen-bond acceptors (Lipinski definition) is 9. The van der Waals surface area contributed by atoms with Gasteiger partial charge in [0.25, 0.3) is 0 Å². The number of furan rings is 1. The number of carbonyl (C=O) groups excluding carboxylic acids is 2. The van der Waals surface area contributed by atoms with E-state index in [1.54, 1.807) is 29.1 Å². The van der Waals surface area contributed by atoms with Crippen molar-refractivity contribution in [2.75, 3.05) is 17.7 Å². The van der Waals surface area contributed by atoms with E-state index in [1.165, 1.54) is 29.4 Å². The highest BCUT2D eigenvalue weighted by atomic mass is 32.2. The van der Waals surface area contributed by atoms with E-state index in [1.807, 2.05) is 0 Å². The van der Waals surface area contributed by atoms with Crippen molar-refractivity contribution >= 4 is 40.0 Å². The van der Waals surface area contributed by atoms with Crippen molar-refractivity contribution in [1.82, 2.24) is 20.2 Å². The molecule has 0 spiro atoms. The minimum Gasteiger partial charge on any atom is -0.464 e. The number of anilines is 1. The van der Waals surface area contributed by atoms with Crippen LogP contribution in [0.1, 0.15) is 36.2 Å². The molecule has 28 heavy (non-hydrogen) atoms. The van der Waals surface area contributed by atoms with E-state index in [0.717, 1.165) is 12.8 Å². The molecule has 146 valence electrons. The molecule has 0 bridgehead atoms. The summed E-state index contributed by atoms with van der Waals surface area (Å²) < 4.78 is 12.3. The molecule has 4 rings (SSSR count). The highest BCUT2D eigenvalue weighted by molar-refractivity contribution is 7.99. The highest BCUT2D eigenvalue weighted by Gasteiger charge is 2.28. The number of nitrogens with one attached hydrogen (secondary N) is 1. The number of esters is 1. The van der Waals surface area contributed by atoms with E-state index < -0.39 is 5.97 Å². The Kier molecular flexibility index (Phi) is 5.44. The van der Waals surface area contributed by atoms with Gasteiger partial charge >= 0.3 is 5.97 Å². The number of amides is 1. The van der Waals surface area contributed by atoms with Crippen LogP contribution >= 0.6 is 23.1 Å². The molecule has 1 N–H and O–H groups in total. The molecule has 1 amide bonds. The van der Waals surface area contributed by atoms with Gasteiger partial charge in [0.05, 0.1) is 24.7 Å².